The van der Waals surface area contributed by atoms with E-state index in [2.05, 4.69) is 17.0 Å². The number of carbonyl (C=O) groups is 1. The van der Waals surface area contributed by atoms with Gasteiger partial charge in [-0.1, -0.05) is 12.1 Å². The molecule has 0 aromatic heterocycles. The van der Waals surface area contributed by atoms with Crippen LogP contribution in [0.15, 0.2) is 42.5 Å². The molecule has 170 valence electrons. The van der Waals surface area contributed by atoms with Gasteiger partial charge in [0.15, 0.2) is 23.0 Å². The van der Waals surface area contributed by atoms with E-state index in [4.69, 9.17) is 18.9 Å². The average molecular weight is 439 g/mol. The van der Waals surface area contributed by atoms with Crippen LogP contribution < -0.4 is 18.9 Å². The first-order valence-corrected chi connectivity index (χ1v) is 11.0. The summed E-state index contributed by atoms with van der Waals surface area (Å²) in [4.78, 5) is 16.9. The van der Waals surface area contributed by atoms with Crippen molar-refractivity contribution in [2.24, 2.45) is 0 Å². The van der Waals surface area contributed by atoms with Gasteiger partial charge in [-0.15, -0.1) is 0 Å². The zero-order valence-electron chi connectivity index (χ0n) is 18.7. The smallest absolute Gasteiger partial charge is 0.246 e. The Kier molecular flexibility index (Phi) is 7.17. The monoisotopic (exact) mass is 438 g/mol. The van der Waals surface area contributed by atoms with Gasteiger partial charge in [0.25, 0.3) is 0 Å². The number of ether oxygens (including phenoxy) is 4. The van der Waals surface area contributed by atoms with Crippen LogP contribution in [0.1, 0.15) is 18.1 Å². The van der Waals surface area contributed by atoms with Gasteiger partial charge in [-0.3, -0.25) is 9.69 Å². The topological polar surface area (TPSA) is 60.5 Å². The van der Waals surface area contributed by atoms with Gasteiger partial charge in [-0.05, 0) is 48.4 Å². The van der Waals surface area contributed by atoms with Crippen LogP contribution in [0.25, 0.3) is 6.08 Å². The Labute approximate surface area is 189 Å². The Morgan fingerprint density at radius 1 is 1.00 bits per heavy atom. The normalized spacial score (nSPS) is 16.2. The zero-order chi connectivity index (χ0) is 22.3. The summed E-state index contributed by atoms with van der Waals surface area (Å²) in [5.41, 5.74) is 2.10. The number of carbonyl (C=O) groups excluding carboxylic acids is 1. The minimum atomic E-state index is 0.0257. The van der Waals surface area contributed by atoms with Crippen molar-refractivity contribution in [2.75, 3.05) is 53.1 Å². The summed E-state index contributed by atoms with van der Waals surface area (Å²) in [6, 6.07) is 11.8. The molecule has 0 N–H and O–H groups in total. The van der Waals surface area contributed by atoms with Crippen LogP contribution in [0, 0.1) is 0 Å². The lowest BCUT2D eigenvalue weighted by Crippen LogP contribution is -2.47. The highest BCUT2D eigenvalue weighted by molar-refractivity contribution is 5.92. The second-order valence-electron chi connectivity index (χ2n) is 7.76. The molecular weight excluding hydrogens is 408 g/mol. The first-order chi connectivity index (χ1) is 15.7. The molecule has 2 heterocycles. The molecule has 32 heavy (non-hydrogen) atoms. The van der Waals surface area contributed by atoms with Gasteiger partial charge >= 0.3 is 0 Å². The van der Waals surface area contributed by atoms with E-state index in [9.17, 15) is 4.79 Å². The molecule has 0 aliphatic carbocycles. The lowest BCUT2D eigenvalue weighted by atomic mass is 10.1. The fraction of sp³-hybridized carbons (Fsp3) is 0.400. The maximum atomic E-state index is 12.7. The number of piperazine rings is 1. The Morgan fingerprint density at radius 2 is 1.78 bits per heavy atom. The van der Waals surface area contributed by atoms with E-state index in [1.165, 1.54) is 5.56 Å². The highest BCUT2D eigenvalue weighted by Crippen LogP contribution is 2.31. The van der Waals surface area contributed by atoms with Gasteiger partial charge in [0.05, 0.1) is 13.7 Å². The number of methoxy groups -OCH3 is 1. The number of fused-ring (bicyclic) bond motifs is 1. The zero-order valence-corrected chi connectivity index (χ0v) is 18.7. The Morgan fingerprint density at radius 3 is 2.53 bits per heavy atom. The fourth-order valence-electron chi connectivity index (χ4n) is 3.91. The van der Waals surface area contributed by atoms with Gasteiger partial charge in [0, 0.05) is 38.8 Å². The summed E-state index contributed by atoms with van der Waals surface area (Å²) < 4.78 is 22.2. The number of amides is 1. The molecule has 0 saturated carbocycles. The second-order valence-corrected chi connectivity index (χ2v) is 7.76. The number of hydrogen-bond donors (Lipinski definition) is 0. The van der Waals surface area contributed by atoms with Gasteiger partial charge in [-0.2, -0.15) is 0 Å². The fourth-order valence-corrected chi connectivity index (χ4v) is 3.91. The SMILES string of the molecule is CCOc1cc(/C=C/C(=O)N2CCN(Cc3ccc4c(c3)OCCO4)CC2)ccc1OC. The number of rotatable bonds is 7. The van der Waals surface area contributed by atoms with Crippen molar-refractivity contribution in [1.29, 1.82) is 0 Å². The molecule has 1 amide bonds. The van der Waals surface area contributed by atoms with E-state index in [0.717, 1.165) is 36.7 Å². The third kappa shape index (κ3) is 5.34. The number of nitrogens with zero attached hydrogens (tertiary/aromatic N) is 2. The standard InChI is InChI=1S/C25H30N2O5/c1-3-30-23-16-19(4-7-21(23)29-2)6-9-25(28)27-12-10-26(11-13-27)18-20-5-8-22-24(17-20)32-15-14-31-22/h4-9,16-17H,3,10-15,18H2,1-2H3/b9-6+. The van der Waals surface area contributed by atoms with Crippen molar-refractivity contribution >= 4 is 12.0 Å². The van der Waals surface area contributed by atoms with Crippen molar-refractivity contribution in [3.05, 3.63) is 53.6 Å². The lowest BCUT2D eigenvalue weighted by molar-refractivity contribution is -0.127. The predicted octanol–water partition coefficient (Wildman–Crippen LogP) is 3.22. The molecule has 2 aliphatic heterocycles. The van der Waals surface area contributed by atoms with Gasteiger partial charge in [0.1, 0.15) is 13.2 Å². The molecule has 0 atom stereocenters. The number of benzene rings is 2. The van der Waals surface area contributed by atoms with Crippen molar-refractivity contribution in [1.82, 2.24) is 9.80 Å². The third-order valence-electron chi connectivity index (χ3n) is 5.60. The lowest BCUT2D eigenvalue weighted by Gasteiger charge is -2.34. The summed E-state index contributed by atoms with van der Waals surface area (Å²) >= 11 is 0. The van der Waals surface area contributed by atoms with E-state index in [-0.39, 0.29) is 5.91 Å². The van der Waals surface area contributed by atoms with Crippen LogP contribution in [-0.2, 0) is 11.3 Å². The van der Waals surface area contributed by atoms with E-state index in [1.54, 1.807) is 13.2 Å². The minimum absolute atomic E-state index is 0.0257. The van der Waals surface area contributed by atoms with Crippen LogP contribution in [-0.4, -0.2) is 68.8 Å². The largest absolute Gasteiger partial charge is 0.493 e. The summed E-state index contributed by atoms with van der Waals surface area (Å²) in [7, 11) is 1.62. The van der Waals surface area contributed by atoms with Crippen LogP contribution in [0.2, 0.25) is 0 Å². The first-order valence-electron chi connectivity index (χ1n) is 11.0. The molecule has 0 spiro atoms. The molecule has 0 unspecified atom stereocenters. The van der Waals surface area contributed by atoms with Crippen LogP contribution in [0.3, 0.4) is 0 Å². The molecule has 2 aromatic carbocycles. The van der Waals surface area contributed by atoms with Crippen molar-refractivity contribution in [3.63, 3.8) is 0 Å². The number of hydrogen-bond acceptors (Lipinski definition) is 6. The summed E-state index contributed by atoms with van der Waals surface area (Å²) in [6.45, 7) is 7.60. The maximum absolute atomic E-state index is 12.7. The quantitative estimate of drug-likeness (QED) is 0.619. The van der Waals surface area contributed by atoms with Crippen LogP contribution >= 0.6 is 0 Å². The van der Waals surface area contributed by atoms with Crippen molar-refractivity contribution < 1.29 is 23.7 Å². The highest BCUT2D eigenvalue weighted by atomic mass is 16.6. The minimum Gasteiger partial charge on any atom is -0.493 e. The molecule has 7 nitrogen and oxygen atoms in total. The molecule has 2 aliphatic rings. The molecule has 2 aromatic rings. The summed E-state index contributed by atoms with van der Waals surface area (Å²) in [6.07, 6.45) is 3.46. The highest BCUT2D eigenvalue weighted by Gasteiger charge is 2.20. The van der Waals surface area contributed by atoms with Gasteiger partial charge in [-0.25, -0.2) is 0 Å². The summed E-state index contributed by atoms with van der Waals surface area (Å²) in [5, 5.41) is 0. The Balaban J connectivity index is 1.29. The molecule has 7 heteroatoms. The van der Waals surface area contributed by atoms with Crippen LogP contribution in [0.4, 0.5) is 0 Å². The Bertz CT molecular complexity index is 967. The molecule has 0 radical (unpaired) electrons. The molecule has 1 fully saturated rings. The van der Waals surface area contributed by atoms with Crippen molar-refractivity contribution in [2.45, 2.75) is 13.5 Å². The third-order valence-corrected chi connectivity index (χ3v) is 5.60. The predicted molar refractivity (Wildman–Crippen MR) is 122 cm³/mol. The van der Waals surface area contributed by atoms with E-state index >= 15 is 0 Å². The van der Waals surface area contributed by atoms with E-state index in [1.807, 2.05) is 42.2 Å². The maximum Gasteiger partial charge on any atom is 0.246 e. The molecule has 1 saturated heterocycles. The molecule has 4 rings (SSSR count). The molecular formula is C25H30N2O5. The second kappa shape index (κ2) is 10.4. The van der Waals surface area contributed by atoms with E-state index < -0.39 is 0 Å². The Hall–Kier alpha value is -3.19. The van der Waals surface area contributed by atoms with Gasteiger partial charge in [0.2, 0.25) is 5.91 Å². The molecule has 0 bridgehead atoms. The first kappa shape index (κ1) is 22.0. The summed E-state index contributed by atoms with van der Waals surface area (Å²) in [5.74, 6) is 3.02. The van der Waals surface area contributed by atoms with Crippen LogP contribution in [0.5, 0.6) is 23.0 Å². The van der Waals surface area contributed by atoms with Gasteiger partial charge < -0.3 is 23.8 Å². The van der Waals surface area contributed by atoms with Crippen molar-refractivity contribution in [3.8, 4) is 23.0 Å². The van der Waals surface area contributed by atoms with E-state index in [0.29, 0.717) is 44.4 Å². The average Bonchev–Trinajstić information content (AvgIpc) is 2.83.